The second-order valence-corrected chi connectivity index (χ2v) is 3.81. The summed E-state index contributed by atoms with van der Waals surface area (Å²) in [6, 6.07) is 0. The van der Waals surface area contributed by atoms with Crippen LogP contribution >= 0.6 is 34.2 Å². The van der Waals surface area contributed by atoms with E-state index in [0.29, 0.717) is 0 Å². The lowest BCUT2D eigenvalue weighted by Gasteiger charge is -1.70. The van der Waals surface area contributed by atoms with Crippen LogP contribution < -0.4 is 0 Å². The van der Waals surface area contributed by atoms with Crippen LogP contribution in [0.1, 0.15) is 0 Å². The molecule has 0 nitrogen and oxygen atoms in total. The molecule has 1 saturated heterocycles. The maximum Gasteiger partial charge on any atom is 0.0694 e. The summed E-state index contributed by atoms with van der Waals surface area (Å²) in [6.45, 7) is 0. The number of rotatable bonds is 1. The number of hydrogen-bond donors (Lipinski definition) is 1. The molecule has 0 spiro atoms. The maximum absolute atomic E-state index is 3.97. The maximum atomic E-state index is 3.97. The van der Waals surface area contributed by atoms with Crippen molar-refractivity contribution in [3.8, 4) is 0 Å². The van der Waals surface area contributed by atoms with Crippen LogP contribution in [0.25, 0.3) is 0 Å². The first-order valence-corrected chi connectivity index (χ1v) is 4.33. The molecule has 0 aromatic heterocycles. The Balaban J connectivity index is 2.00. The Kier molecular flexibility index (Phi) is 1.41. The molecule has 1 heterocycles. The van der Waals surface area contributed by atoms with Gasteiger partial charge in [-0.15, -0.1) is 23.4 Å². The van der Waals surface area contributed by atoms with Crippen LogP contribution in [0.4, 0.5) is 0 Å². The van der Waals surface area contributed by atoms with Gasteiger partial charge in [0.25, 0.3) is 0 Å². The van der Waals surface area contributed by atoms with Crippen LogP contribution in [0.2, 0.25) is 0 Å². The van der Waals surface area contributed by atoms with Crippen molar-refractivity contribution in [3.05, 3.63) is 0 Å². The lowest BCUT2D eigenvalue weighted by atomic mass is 11.0. The van der Waals surface area contributed by atoms with Gasteiger partial charge in [-0.25, -0.2) is 0 Å². The molecule has 0 N–H and O–H groups in total. The third kappa shape index (κ3) is 1.28. The Morgan fingerprint density at radius 1 is 2.00 bits per heavy atom. The van der Waals surface area contributed by atoms with Gasteiger partial charge in [0.15, 0.2) is 0 Å². The van der Waals surface area contributed by atoms with E-state index in [1.165, 1.54) is 5.75 Å². The molecule has 1 rings (SSSR count). The fraction of sp³-hybridized carbons (Fsp3) is 1.00. The molecule has 1 atom stereocenters. The highest BCUT2D eigenvalue weighted by atomic mass is 33.1. The topological polar surface area (TPSA) is 0 Å². The first kappa shape index (κ1) is 4.22. The van der Waals surface area contributed by atoms with E-state index in [1.807, 2.05) is 11.8 Å². The molecule has 0 aromatic rings. The van der Waals surface area contributed by atoms with Crippen molar-refractivity contribution in [3.63, 3.8) is 0 Å². The Hall–Kier alpha value is 1.05. The van der Waals surface area contributed by atoms with Crippen LogP contribution in [0, 0.1) is 0 Å². The molecule has 1 aliphatic rings. The summed E-state index contributed by atoms with van der Waals surface area (Å²) >= 11 is 5.93. The van der Waals surface area contributed by atoms with Gasteiger partial charge in [-0.2, -0.15) is 0 Å². The summed E-state index contributed by atoms with van der Waals surface area (Å²) in [5.74, 6) is 1.31. The molecule has 1 unspecified atom stereocenters. The molecule has 0 amide bonds. The molecule has 3 heteroatoms. The van der Waals surface area contributed by atoms with Crippen molar-refractivity contribution in [2.75, 3.05) is 5.75 Å². The van der Waals surface area contributed by atoms with Crippen molar-refractivity contribution in [2.24, 2.45) is 0 Å². The summed E-state index contributed by atoms with van der Waals surface area (Å²) in [5, 5.41) is 0. The summed E-state index contributed by atoms with van der Waals surface area (Å²) in [4.78, 5) is 0. The van der Waals surface area contributed by atoms with E-state index in [9.17, 15) is 0 Å². The second-order valence-electron chi connectivity index (χ2n) is 0.868. The minimum absolute atomic E-state index is 0.832. The Bertz CT molecular complexity index is 31.9. The average Bonchev–Trinajstić information content (AvgIpc) is 2.12. The van der Waals surface area contributed by atoms with Gasteiger partial charge in [0.1, 0.15) is 0 Å². The van der Waals surface area contributed by atoms with Gasteiger partial charge in [0.05, 0.1) is 4.58 Å². The largest absolute Gasteiger partial charge is 0.144 e. The van der Waals surface area contributed by atoms with Crippen molar-refractivity contribution in [1.29, 1.82) is 0 Å². The van der Waals surface area contributed by atoms with Crippen LogP contribution in [0.15, 0.2) is 0 Å². The summed E-state index contributed by atoms with van der Waals surface area (Å²) in [7, 11) is 1.65. The number of thiol groups is 1. The lowest BCUT2D eigenvalue weighted by molar-refractivity contribution is 1.65. The van der Waals surface area contributed by atoms with Crippen molar-refractivity contribution >= 4 is 34.2 Å². The fourth-order valence-corrected chi connectivity index (χ4v) is 2.00. The highest BCUT2D eigenvalue weighted by molar-refractivity contribution is 8.71. The van der Waals surface area contributed by atoms with E-state index in [1.54, 1.807) is 10.8 Å². The average molecular weight is 124 g/mol. The van der Waals surface area contributed by atoms with Gasteiger partial charge in [-0.1, -0.05) is 10.8 Å². The zero-order chi connectivity index (χ0) is 3.70. The molecule has 0 aliphatic carbocycles. The molecule has 1 aliphatic heterocycles. The van der Waals surface area contributed by atoms with Gasteiger partial charge in [0, 0.05) is 5.75 Å². The van der Waals surface area contributed by atoms with E-state index >= 15 is 0 Å². The molecule has 5 heavy (non-hydrogen) atoms. The standard InChI is InChI=1S/C2H4S3/c3-5-2-1-4-2/h2-3H,1H2. The molecule has 1 fully saturated rings. The van der Waals surface area contributed by atoms with E-state index < -0.39 is 0 Å². The van der Waals surface area contributed by atoms with Gasteiger partial charge < -0.3 is 0 Å². The Morgan fingerprint density at radius 3 is 2.60 bits per heavy atom. The Morgan fingerprint density at radius 2 is 2.60 bits per heavy atom. The minimum Gasteiger partial charge on any atom is -0.144 e. The normalized spacial score (nSPS) is 34.2. The van der Waals surface area contributed by atoms with Crippen LogP contribution in [0.3, 0.4) is 0 Å². The first-order valence-electron chi connectivity index (χ1n) is 1.35. The van der Waals surface area contributed by atoms with Crippen LogP contribution in [-0.2, 0) is 0 Å². The summed E-state index contributed by atoms with van der Waals surface area (Å²) < 4.78 is 0.832. The van der Waals surface area contributed by atoms with Gasteiger partial charge in [-0.3, -0.25) is 0 Å². The quantitative estimate of drug-likeness (QED) is 0.320. The molecule has 0 saturated carbocycles. The van der Waals surface area contributed by atoms with E-state index in [2.05, 4.69) is 11.7 Å². The fourth-order valence-electron chi connectivity index (χ4n) is 0.100. The minimum atomic E-state index is 0.832. The van der Waals surface area contributed by atoms with Gasteiger partial charge in [0.2, 0.25) is 0 Å². The van der Waals surface area contributed by atoms with E-state index in [0.717, 1.165) is 4.58 Å². The second kappa shape index (κ2) is 1.67. The highest BCUT2D eigenvalue weighted by Crippen LogP contribution is 2.41. The predicted molar refractivity (Wildman–Crippen MR) is 32.8 cm³/mol. The zero-order valence-corrected chi connectivity index (χ0v) is 5.08. The molecular weight excluding hydrogens is 120 g/mol. The summed E-state index contributed by atoms with van der Waals surface area (Å²) in [6.07, 6.45) is 0. The Labute approximate surface area is 44.9 Å². The summed E-state index contributed by atoms with van der Waals surface area (Å²) in [5.41, 5.74) is 0. The molecule has 0 radical (unpaired) electrons. The van der Waals surface area contributed by atoms with E-state index in [-0.39, 0.29) is 0 Å². The zero-order valence-electron chi connectivity index (χ0n) is 2.55. The van der Waals surface area contributed by atoms with Crippen LogP contribution in [0.5, 0.6) is 0 Å². The van der Waals surface area contributed by atoms with Crippen molar-refractivity contribution in [1.82, 2.24) is 0 Å². The van der Waals surface area contributed by atoms with Crippen molar-refractivity contribution < 1.29 is 0 Å². The molecule has 0 bridgehead atoms. The third-order valence-electron chi connectivity index (χ3n) is 0.420. The monoisotopic (exact) mass is 124 g/mol. The molecule has 0 aromatic carbocycles. The van der Waals surface area contributed by atoms with Gasteiger partial charge in [-0.05, 0) is 0 Å². The van der Waals surface area contributed by atoms with Crippen LogP contribution in [-0.4, -0.2) is 10.3 Å². The predicted octanol–water partition coefficient (Wildman–Crippen LogP) is 1.64. The smallest absolute Gasteiger partial charge is 0.0694 e. The molecule has 30 valence electrons. The van der Waals surface area contributed by atoms with Crippen molar-refractivity contribution in [2.45, 2.75) is 4.58 Å². The number of thioether (sulfide) groups is 1. The first-order chi connectivity index (χ1) is 2.43. The SMILES string of the molecule is SSC1CS1. The van der Waals surface area contributed by atoms with E-state index in [4.69, 9.17) is 0 Å². The van der Waals surface area contributed by atoms with Gasteiger partial charge >= 0.3 is 0 Å². The third-order valence-corrected chi connectivity index (χ3v) is 3.56. The lowest BCUT2D eigenvalue weighted by Crippen LogP contribution is -1.56. The highest BCUT2D eigenvalue weighted by Gasteiger charge is 2.20. The molecular formula is C2H4S3. The number of hydrogen-bond acceptors (Lipinski definition) is 3.